The largest absolute Gasteiger partial charge is 0.310 e. The quantitative estimate of drug-likeness (QED) is 0.883. The standard InChI is InChI=1S/C18H30N2/c1-11-9-12(2)20-14(4)16(11)13(3)19-10-15-17(5,6)18(15,7)8/h9,13,15,19H,10H2,1-8H3. The van der Waals surface area contributed by atoms with Crippen LogP contribution in [0.25, 0.3) is 0 Å². The van der Waals surface area contributed by atoms with Gasteiger partial charge in [-0.15, -0.1) is 0 Å². The van der Waals surface area contributed by atoms with Crippen molar-refractivity contribution in [2.75, 3.05) is 6.54 Å². The SMILES string of the molecule is Cc1cc(C)c(C(C)NCC2C(C)(C)C2(C)C)c(C)n1. The summed E-state index contributed by atoms with van der Waals surface area (Å²) >= 11 is 0. The molecule has 112 valence electrons. The highest BCUT2D eigenvalue weighted by atomic mass is 14.9. The molecule has 1 aromatic rings. The minimum absolute atomic E-state index is 0.371. The summed E-state index contributed by atoms with van der Waals surface area (Å²) in [5.74, 6) is 0.761. The first kappa shape index (κ1) is 15.5. The highest BCUT2D eigenvalue weighted by Gasteiger charge is 2.63. The monoisotopic (exact) mass is 274 g/mol. The van der Waals surface area contributed by atoms with E-state index in [1.165, 1.54) is 11.1 Å². The van der Waals surface area contributed by atoms with E-state index in [1.807, 2.05) is 0 Å². The summed E-state index contributed by atoms with van der Waals surface area (Å²) in [7, 11) is 0. The molecule has 20 heavy (non-hydrogen) atoms. The van der Waals surface area contributed by atoms with E-state index in [2.05, 4.69) is 71.8 Å². The molecule has 1 saturated carbocycles. The van der Waals surface area contributed by atoms with Crippen LogP contribution in [0.4, 0.5) is 0 Å². The van der Waals surface area contributed by atoms with Gasteiger partial charge in [0.15, 0.2) is 0 Å². The Balaban J connectivity index is 2.06. The predicted octanol–water partition coefficient (Wildman–Crippen LogP) is 4.34. The molecule has 0 aromatic carbocycles. The molecule has 1 aliphatic rings. The maximum absolute atomic E-state index is 4.62. The van der Waals surface area contributed by atoms with Crippen molar-refractivity contribution in [3.63, 3.8) is 0 Å². The van der Waals surface area contributed by atoms with E-state index in [1.54, 1.807) is 0 Å². The molecule has 2 heteroatoms. The summed E-state index contributed by atoms with van der Waals surface area (Å²) in [6.07, 6.45) is 0. The Hall–Kier alpha value is -0.890. The van der Waals surface area contributed by atoms with Gasteiger partial charge in [-0.3, -0.25) is 4.98 Å². The van der Waals surface area contributed by atoms with Gasteiger partial charge in [-0.1, -0.05) is 27.7 Å². The Labute approximate surface area is 124 Å². The van der Waals surface area contributed by atoms with Crippen LogP contribution < -0.4 is 5.32 Å². The van der Waals surface area contributed by atoms with Crippen molar-refractivity contribution in [2.24, 2.45) is 16.7 Å². The third-order valence-electron chi connectivity index (χ3n) is 5.96. The molecule has 2 rings (SSSR count). The fourth-order valence-corrected chi connectivity index (χ4v) is 3.93. The number of nitrogens with zero attached hydrogens (tertiary/aromatic N) is 1. The fourth-order valence-electron chi connectivity index (χ4n) is 3.93. The maximum Gasteiger partial charge on any atom is 0.0426 e. The normalized spacial score (nSPS) is 21.8. The molecule has 1 N–H and O–H groups in total. The number of hydrogen-bond donors (Lipinski definition) is 1. The van der Waals surface area contributed by atoms with E-state index < -0.39 is 0 Å². The van der Waals surface area contributed by atoms with Gasteiger partial charge in [0.25, 0.3) is 0 Å². The Kier molecular flexibility index (Phi) is 3.75. The molecule has 1 unspecified atom stereocenters. The number of aryl methyl sites for hydroxylation is 3. The van der Waals surface area contributed by atoms with Gasteiger partial charge in [0, 0.05) is 17.4 Å². The average Bonchev–Trinajstić information content (AvgIpc) is 2.65. The molecule has 0 aliphatic heterocycles. The number of rotatable bonds is 4. The summed E-state index contributed by atoms with van der Waals surface area (Å²) in [4.78, 5) is 4.62. The lowest BCUT2D eigenvalue weighted by Gasteiger charge is -2.19. The second kappa shape index (κ2) is 4.84. The topological polar surface area (TPSA) is 24.9 Å². The minimum atomic E-state index is 0.371. The highest BCUT2D eigenvalue weighted by molar-refractivity contribution is 5.33. The van der Waals surface area contributed by atoms with Crippen LogP contribution in [0, 0.1) is 37.5 Å². The molecule has 1 aromatic heterocycles. The highest BCUT2D eigenvalue weighted by Crippen LogP contribution is 2.68. The van der Waals surface area contributed by atoms with Crippen molar-refractivity contribution in [1.82, 2.24) is 10.3 Å². The Morgan fingerprint density at radius 2 is 1.70 bits per heavy atom. The predicted molar refractivity (Wildman–Crippen MR) is 85.9 cm³/mol. The van der Waals surface area contributed by atoms with E-state index >= 15 is 0 Å². The van der Waals surface area contributed by atoms with Gasteiger partial charge in [0.1, 0.15) is 0 Å². The summed E-state index contributed by atoms with van der Waals surface area (Å²) in [5, 5.41) is 3.73. The van der Waals surface area contributed by atoms with E-state index in [4.69, 9.17) is 0 Å². The second-order valence-corrected chi connectivity index (χ2v) is 7.71. The molecule has 1 fully saturated rings. The lowest BCUT2D eigenvalue weighted by molar-refractivity contribution is 0.457. The van der Waals surface area contributed by atoms with Gasteiger partial charge in [-0.05, 0) is 68.2 Å². The number of hydrogen-bond acceptors (Lipinski definition) is 2. The third-order valence-corrected chi connectivity index (χ3v) is 5.96. The molecule has 1 aliphatic carbocycles. The minimum Gasteiger partial charge on any atom is -0.310 e. The first-order valence-corrected chi connectivity index (χ1v) is 7.77. The number of nitrogens with one attached hydrogen (secondary N) is 1. The molecular weight excluding hydrogens is 244 g/mol. The van der Waals surface area contributed by atoms with Crippen LogP contribution in [0.5, 0.6) is 0 Å². The molecule has 0 bridgehead atoms. The van der Waals surface area contributed by atoms with Crippen LogP contribution in [-0.4, -0.2) is 11.5 Å². The van der Waals surface area contributed by atoms with Crippen LogP contribution in [-0.2, 0) is 0 Å². The number of aromatic nitrogens is 1. The molecular formula is C18H30N2. The van der Waals surface area contributed by atoms with E-state index in [-0.39, 0.29) is 0 Å². The van der Waals surface area contributed by atoms with Crippen LogP contribution in [0.3, 0.4) is 0 Å². The van der Waals surface area contributed by atoms with Gasteiger partial charge in [-0.25, -0.2) is 0 Å². The Morgan fingerprint density at radius 1 is 1.15 bits per heavy atom. The zero-order valence-electron chi connectivity index (χ0n) is 14.4. The van der Waals surface area contributed by atoms with Gasteiger partial charge >= 0.3 is 0 Å². The molecule has 0 radical (unpaired) electrons. The fraction of sp³-hybridized carbons (Fsp3) is 0.722. The Morgan fingerprint density at radius 3 is 2.15 bits per heavy atom. The van der Waals surface area contributed by atoms with E-state index in [0.29, 0.717) is 16.9 Å². The lowest BCUT2D eigenvalue weighted by atomic mass is 10.00. The van der Waals surface area contributed by atoms with Crippen LogP contribution in [0.2, 0.25) is 0 Å². The molecule has 0 saturated heterocycles. The summed E-state index contributed by atoms with van der Waals surface area (Å²) in [6, 6.07) is 2.56. The average molecular weight is 274 g/mol. The first-order chi connectivity index (χ1) is 9.09. The van der Waals surface area contributed by atoms with Gasteiger partial charge in [-0.2, -0.15) is 0 Å². The molecule has 1 heterocycles. The van der Waals surface area contributed by atoms with Crippen LogP contribution >= 0.6 is 0 Å². The molecule has 2 nitrogen and oxygen atoms in total. The van der Waals surface area contributed by atoms with Crippen molar-refractivity contribution in [3.05, 3.63) is 28.6 Å². The third kappa shape index (κ3) is 2.39. The van der Waals surface area contributed by atoms with Gasteiger partial charge in [0.05, 0.1) is 0 Å². The van der Waals surface area contributed by atoms with E-state index in [0.717, 1.165) is 23.9 Å². The molecule has 0 amide bonds. The van der Waals surface area contributed by atoms with Gasteiger partial charge < -0.3 is 5.32 Å². The van der Waals surface area contributed by atoms with Crippen LogP contribution in [0.1, 0.15) is 63.2 Å². The van der Waals surface area contributed by atoms with Crippen molar-refractivity contribution < 1.29 is 0 Å². The zero-order valence-corrected chi connectivity index (χ0v) is 14.4. The summed E-state index contributed by atoms with van der Waals surface area (Å²) in [5.41, 5.74) is 5.90. The second-order valence-electron chi connectivity index (χ2n) is 7.71. The maximum atomic E-state index is 4.62. The lowest BCUT2D eigenvalue weighted by Crippen LogP contribution is -2.24. The zero-order chi connectivity index (χ0) is 15.3. The summed E-state index contributed by atoms with van der Waals surface area (Å²) in [6.45, 7) is 19.3. The van der Waals surface area contributed by atoms with E-state index in [9.17, 15) is 0 Å². The van der Waals surface area contributed by atoms with Crippen molar-refractivity contribution in [3.8, 4) is 0 Å². The van der Waals surface area contributed by atoms with Crippen LogP contribution in [0.15, 0.2) is 6.07 Å². The van der Waals surface area contributed by atoms with Gasteiger partial charge in [0.2, 0.25) is 0 Å². The summed E-state index contributed by atoms with van der Waals surface area (Å²) < 4.78 is 0. The smallest absolute Gasteiger partial charge is 0.0426 e. The molecule has 1 atom stereocenters. The van der Waals surface area contributed by atoms with Crippen molar-refractivity contribution >= 4 is 0 Å². The van der Waals surface area contributed by atoms with Crippen molar-refractivity contribution in [2.45, 2.75) is 61.4 Å². The molecule has 0 spiro atoms. The first-order valence-electron chi connectivity index (χ1n) is 7.77. The number of pyridine rings is 1. The van der Waals surface area contributed by atoms with Crippen molar-refractivity contribution in [1.29, 1.82) is 0 Å². The Bertz CT molecular complexity index is 477.